The molecule has 0 spiro atoms. The predicted molar refractivity (Wildman–Crippen MR) is 112 cm³/mol. The first-order chi connectivity index (χ1) is 13.6. The van der Waals surface area contributed by atoms with Crippen molar-refractivity contribution >= 4 is 46.2 Å². The molecule has 1 aromatic carbocycles. The third-order valence-corrected chi connectivity index (χ3v) is 6.96. The molecule has 2 aliphatic rings. The standard InChI is InChI=1S/C21H20N2O3S2/c24-19(17-13-15-8-4-5-9-16(15)27-17)22-10-11-23-20(25)18(28-21(23)26)12-14-6-2-1-3-7-14/h1-3,6-7,12-13H,4-5,8-11H2,(H,22,24). The smallest absolute Gasteiger partial charge is 0.293 e. The van der Waals surface area contributed by atoms with Gasteiger partial charge in [0.05, 0.1) is 9.78 Å². The Bertz CT molecular complexity index is 926. The number of nitrogens with zero attached hydrogens (tertiary/aromatic N) is 1. The number of thiophene rings is 1. The fourth-order valence-corrected chi connectivity index (χ4v) is 5.40. The van der Waals surface area contributed by atoms with E-state index in [1.807, 2.05) is 36.4 Å². The van der Waals surface area contributed by atoms with Crippen LogP contribution in [0.5, 0.6) is 0 Å². The number of hydrogen-bond donors (Lipinski definition) is 1. The van der Waals surface area contributed by atoms with Crippen molar-refractivity contribution in [2.45, 2.75) is 25.7 Å². The molecule has 1 fully saturated rings. The highest BCUT2D eigenvalue weighted by molar-refractivity contribution is 8.18. The van der Waals surface area contributed by atoms with Crippen molar-refractivity contribution in [3.63, 3.8) is 0 Å². The lowest BCUT2D eigenvalue weighted by Crippen LogP contribution is -2.37. The van der Waals surface area contributed by atoms with E-state index in [-0.39, 0.29) is 30.1 Å². The molecule has 144 valence electrons. The van der Waals surface area contributed by atoms with Gasteiger partial charge in [0, 0.05) is 18.0 Å². The molecular formula is C21H20N2O3S2. The van der Waals surface area contributed by atoms with Crippen LogP contribution in [0.1, 0.15) is 38.5 Å². The van der Waals surface area contributed by atoms with E-state index in [0.29, 0.717) is 9.78 Å². The van der Waals surface area contributed by atoms with Crippen LogP contribution >= 0.6 is 23.1 Å². The van der Waals surface area contributed by atoms with Gasteiger partial charge < -0.3 is 5.32 Å². The zero-order valence-electron chi connectivity index (χ0n) is 15.3. The highest BCUT2D eigenvalue weighted by Crippen LogP contribution is 2.32. The number of imide groups is 1. The minimum absolute atomic E-state index is 0.133. The molecule has 2 heterocycles. The van der Waals surface area contributed by atoms with Crippen LogP contribution in [0.25, 0.3) is 6.08 Å². The lowest BCUT2D eigenvalue weighted by Gasteiger charge is -2.12. The van der Waals surface area contributed by atoms with Crippen molar-refractivity contribution in [3.05, 3.63) is 62.2 Å². The SMILES string of the molecule is O=C(NCCN1C(=O)SC(=Cc2ccccc2)C1=O)c1cc2c(s1)CCCC2. The average molecular weight is 413 g/mol. The summed E-state index contributed by atoms with van der Waals surface area (Å²) in [6.07, 6.45) is 6.19. The Kier molecular flexibility index (Phi) is 5.64. The van der Waals surface area contributed by atoms with E-state index < -0.39 is 0 Å². The maximum absolute atomic E-state index is 12.5. The van der Waals surface area contributed by atoms with Crippen LogP contribution in [0.3, 0.4) is 0 Å². The number of amides is 3. The van der Waals surface area contributed by atoms with E-state index >= 15 is 0 Å². The molecule has 7 heteroatoms. The fraction of sp³-hybridized carbons (Fsp3) is 0.286. The van der Waals surface area contributed by atoms with Gasteiger partial charge in [0.2, 0.25) is 0 Å². The second-order valence-electron chi connectivity index (χ2n) is 6.77. The summed E-state index contributed by atoms with van der Waals surface area (Å²) in [4.78, 5) is 40.7. The van der Waals surface area contributed by atoms with Gasteiger partial charge in [-0.05, 0) is 60.7 Å². The highest BCUT2D eigenvalue weighted by Gasteiger charge is 2.34. The lowest BCUT2D eigenvalue weighted by atomic mass is 9.99. The molecule has 1 aliphatic heterocycles. The van der Waals surface area contributed by atoms with E-state index in [1.165, 1.54) is 28.2 Å². The van der Waals surface area contributed by atoms with E-state index in [4.69, 9.17) is 0 Å². The van der Waals surface area contributed by atoms with Crippen molar-refractivity contribution in [2.75, 3.05) is 13.1 Å². The average Bonchev–Trinajstić information content (AvgIpc) is 3.25. The molecule has 1 saturated heterocycles. The van der Waals surface area contributed by atoms with Crippen molar-refractivity contribution in [1.82, 2.24) is 10.2 Å². The molecule has 0 unspecified atom stereocenters. The third kappa shape index (κ3) is 4.05. The van der Waals surface area contributed by atoms with Crippen molar-refractivity contribution < 1.29 is 14.4 Å². The molecule has 4 rings (SSSR count). The third-order valence-electron chi connectivity index (χ3n) is 4.81. The largest absolute Gasteiger partial charge is 0.350 e. The number of fused-ring (bicyclic) bond motifs is 1. The first-order valence-electron chi connectivity index (χ1n) is 9.32. The number of carbonyl (C=O) groups is 3. The lowest BCUT2D eigenvalue weighted by molar-refractivity contribution is -0.122. The van der Waals surface area contributed by atoms with Gasteiger partial charge in [-0.25, -0.2) is 0 Å². The number of benzene rings is 1. The van der Waals surface area contributed by atoms with Crippen molar-refractivity contribution in [3.8, 4) is 0 Å². The molecule has 0 saturated carbocycles. The normalized spacial score (nSPS) is 17.9. The van der Waals surface area contributed by atoms with Crippen LogP contribution in [0.4, 0.5) is 4.79 Å². The van der Waals surface area contributed by atoms with Gasteiger partial charge in [0.25, 0.3) is 17.1 Å². The maximum atomic E-state index is 12.5. The minimum atomic E-state index is -0.306. The summed E-state index contributed by atoms with van der Waals surface area (Å²) in [6, 6.07) is 11.4. The Morgan fingerprint density at radius 3 is 2.71 bits per heavy atom. The summed E-state index contributed by atoms with van der Waals surface area (Å²) in [5.41, 5.74) is 2.17. The summed E-state index contributed by atoms with van der Waals surface area (Å²) in [5.74, 6) is -0.439. The molecule has 1 N–H and O–H groups in total. The zero-order valence-corrected chi connectivity index (χ0v) is 16.9. The number of aryl methyl sites for hydroxylation is 2. The molecule has 0 bridgehead atoms. The second-order valence-corrected chi connectivity index (χ2v) is 8.90. The summed E-state index contributed by atoms with van der Waals surface area (Å²) in [7, 11) is 0. The predicted octanol–water partition coefficient (Wildman–Crippen LogP) is 4.09. The van der Waals surface area contributed by atoms with Gasteiger partial charge in [-0.15, -0.1) is 11.3 Å². The molecule has 1 aromatic heterocycles. The Balaban J connectivity index is 1.34. The number of nitrogens with one attached hydrogen (secondary N) is 1. The fourth-order valence-electron chi connectivity index (χ4n) is 3.36. The van der Waals surface area contributed by atoms with Gasteiger partial charge in [-0.3, -0.25) is 19.3 Å². The second kappa shape index (κ2) is 8.32. The molecule has 28 heavy (non-hydrogen) atoms. The Labute approximate surface area is 171 Å². The minimum Gasteiger partial charge on any atom is -0.350 e. The molecular weight excluding hydrogens is 392 g/mol. The first-order valence-corrected chi connectivity index (χ1v) is 11.0. The molecule has 0 radical (unpaired) electrons. The van der Waals surface area contributed by atoms with Crippen LogP contribution in [-0.4, -0.2) is 35.0 Å². The number of carbonyl (C=O) groups excluding carboxylic acids is 3. The van der Waals surface area contributed by atoms with E-state index in [1.54, 1.807) is 17.4 Å². The van der Waals surface area contributed by atoms with Gasteiger partial charge in [-0.2, -0.15) is 0 Å². The number of thioether (sulfide) groups is 1. The van der Waals surface area contributed by atoms with E-state index in [0.717, 1.165) is 30.2 Å². The summed E-state index contributed by atoms with van der Waals surface area (Å²) in [6.45, 7) is 0.422. The van der Waals surface area contributed by atoms with Crippen molar-refractivity contribution in [2.24, 2.45) is 0 Å². The Hall–Kier alpha value is -2.38. The van der Waals surface area contributed by atoms with Crippen molar-refractivity contribution in [1.29, 1.82) is 0 Å². The van der Waals surface area contributed by atoms with Gasteiger partial charge in [0.15, 0.2) is 0 Å². The van der Waals surface area contributed by atoms with Crippen LogP contribution in [0.15, 0.2) is 41.3 Å². The summed E-state index contributed by atoms with van der Waals surface area (Å²) >= 11 is 2.49. The molecule has 3 amide bonds. The van der Waals surface area contributed by atoms with Crippen LogP contribution < -0.4 is 5.32 Å². The quantitative estimate of drug-likeness (QED) is 0.751. The Morgan fingerprint density at radius 2 is 1.93 bits per heavy atom. The van der Waals surface area contributed by atoms with Crippen LogP contribution in [-0.2, 0) is 17.6 Å². The summed E-state index contributed by atoms with van der Waals surface area (Å²) < 4.78 is 0. The van der Waals surface area contributed by atoms with E-state index in [9.17, 15) is 14.4 Å². The van der Waals surface area contributed by atoms with Crippen LogP contribution in [0.2, 0.25) is 0 Å². The van der Waals surface area contributed by atoms with E-state index in [2.05, 4.69) is 5.32 Å². The van der Waals surface area contributed by atoms with Gasteiger partial charge in [-0.1, -0.05) is 30.3 Å². The number of hydrogen-bond acceptors (Lipinski definition) is 5. The molecule has 5 nitrogen and oxygen atoms in total. The highest BCUT2D eigenvalue weighted by atomic mass is 32.2. The summed E-state index contributed by atoms with van der Waals surface area (Å²) in [5, 5.41) is 2.54. The number of rotatable bonds is 5. The molecule has 1 aliphatic carbocycles. The Morgan fingerprint density at radius 1 is 1.14 bits per heavy atom. The topological polar surface area (TPSA) is 66.5 Å². The first kappa shape index (κ1) is 19.0. The maximum Gasteiger partial charge on any atom is 0.293 e. The zero-order chi connectivity index (χ0) is 19.5. The monoisotopic (exact) mass is 412 g/mol. The molecule has 2 aromatic rings. The van der Waals surface area contributed by atoms with Gasteiger partial charge in [0.1, 0.15) is 0 Å². The van der Waals surface area contributed by atoms with Crippen LogP contribution in [0, 0.1) is 0 Å². The molecule has 0 atom stereocenters. The van der Waals surface area contributed by atoms with Gasteiger partial charge >= 0.3 is 0 Å².